The molecule has 0 saturated heterocycles. The molecule has 0 aliphatic carbocycles. The fourth-order valence-electron chi connectivity index (χ4n) is 2.15. The first-order valence-electron chi connectivity index (χ1n) is 5.83. The predicted molar refractivity (Wildman–Crippen MR) is 86.7 cm³/mol. The van der Waals surface area contributed by atoms with Crippen LogP contribution in [0.3, 0.4) is 0 Å². The van der Waals surface area contributed by atoms with E-state index in [-0.39, 0.29) is 5.56 Å². The monoisotopic (exact) mass is 416 g/mol. The van der Waals surface area contributed by atoms with Crippen molar-refractivity contribution in [2.24, 2.45) is 0 Å². The average molecular weight is 418 g/mol. The summed E-state index contributed by atoms with van der Waals surface area (Å²) in [5.74, 6) is -1.08. The molecule has 0 bridgehead atoms. The van der Waals surface area contributed by atoms with Crippen LogP contribution in [0, 0.1) is 11.6 Å². The van der Waals surface area contributed by atoms with Crippen molar-refractivity contribution in [2.75, 3.05) is 0 Å². The van der Waals surface area contributed by atoms with E-state index in [1.807, 2.05) is 23.6 Å². The number of thiophene rings is 1. The van der Waals surface area contributed by atoms with E-state index < -0.39 is 16.5 Å². The number of hydrogen-bond acceptors (Lipinski definition) is 1. The van der Waals surface area contributed by atoms with Crippen LogP contribution >= 0.6 is 43.2 Å². The highest BCUT2D eigenvalue weighted by molar-refractivity contribution is 9.10. The molecule has 2 aromatic carbocycles. The minimum atomic E-state index is -0.541. The number of fused-ring (bicyclic) bond motifs is 1. The molecule has 3 rings (SSSR count). The summed E-state index contributed by atoms with van der Waals surface area (Å²) in [6.45, 7) is 0. The lowest BCUT2D eigenvalue weighted by atomic mass is 10.0. The Balaban J connectivity index is 2.18. The second-order valence-corrected chi connectivity index (χ2v) is 6.96. The maximum Gasteiger partial charge on any atom is 0.130 e. The van der Waals surface area contributed by atoms with E-state index in [1.54, 1.807) is 11.3 Å². The third-order valence-electron chi connectivity index (χ3n) is 3.11. The molecule has 0 N–H and O–H groups in total. The van der Waals surface area contributed by atoms with E-state index in [9.17, 15) is 8.78 Å². The van der Waals surface area contributed by atoms with Crippen molar-refractivity contribution < 1.29 is 8.78 Å². The quantitative estimate of drug-likeness (QED) is 0.421. The molecule has 0 spiro atoms. The third-order valence-corrected chi connectivity index (χ3v) is 6.03. The second-order valence-electron chi connectivity index (χ2n) is 4.31. The first kappa shape index (κ1) is 14.2. The van der Waals surface area contributed by atoms with Gasteiger partial charge in [-0.25, -0.2) is 8.78 Å². The Labute approximate surface area is 135 Å². The van der Waals surface area contributed by atoms with Crippen LogP contribution < -0.4 is 0 Å². The maximum absolute atomic E-state index is 13.9. The number of hydrogen-bond donors (Lipinski definition) is 0. The Morgan fingerprint density at radius 1 is 1.00 bits per heavy atom. The summed E-state index contributed by atoms with van der Waals surface area (Å²) >= 11 is 8.48. The van der Waals surface area contributed by atoms with Crippen LogP contribution in [0.25, 0.3) is 10.1 Å². The van der Waals surface area contributed by atoms with Crippen molar-refractivity contribution in [3.05, 3.63) is 69.0 Å². The number of alkyl halides is 1. The summed E-state index contributed by atoms with van der Waals surface area (Å²) in [7, 11) is 0. The Hall–Kier alpha value is -0.780. The molecule has 1 aromatic heterocycles. The molecule has 20 heavy (non-hydrogen) atoms. The van der Waals surface area contributed by atoms with Gasteiger partial charge in [-0.05, 0) is 50.5 Å². The van der Waals surface area contributed by atoms with Crippen LogP contribution in [0.4, 0.5) is 8.78 Å². The van der Waals surface area contributed by atoms with E-state index in [4.69, 9.17) is 0 Å². The Bertz CT molecular complexity index is 762. The van der Waals surface area contributed by atoms with Crippen LogP contribution in [0.5, 0.6) is 0 Å². The molecule has 0 fully saturated rings. The number of halogens is 4. The second kappa shape index (κ2) is 5.54. The standard InChI is InChI=1S/C15H8Br2F2S/c16-10-4-1-3-8-9(7-20-15(8)10)14(17)13-11(18)5-2-6-12(13)19/h1-7,14H. The van der Waals surface area contributed by atoms with Gasteiger partial charge < -0.3 is 0 Å². The van der Waals surface area contributed by atoms with Gasteiger partial charge >= 0.3 is 0 Å². The fraction of sp³-hybridized carbons (Fsp3) is 0.0667. The highest BCUT2D eigenvalue weighted by Crippen LogP contribution is 2.42. The van der Waals surface area contributed by atoms with E-state index in [1.165, 1.54) is 18.2 Å². The molecule has 0 saturated carbocycles. The average Bonchev–Trinajstić information content (AvgIpc) is 2.83. The molecule has 0 aliphatic heterocycles. The van der Waals surface area contributed by atoms with Gasteiger partial charge in [0.1, 0.15) is 11.6 Å². The summed E-state index contributed by atoms with van der Waals surface area (Å²) < 4.78 is 29.9. The van der Waals surface area contributed by atoms with Gasteiger partial charge in [0.2, 0.25) is 0 Å². The molecule has 0 amide bonds. The van der Waals surface area contributed by atoms with Crippen molar-refractivity contribution in [1.82, 2.24) is 0 Å². The Kier molecular flexibility index (Phi) is 3.93. The summed E-state index contributed by atoms with van der Waals surface area (Å²) in [5, 5.41) is 2.93. The lowest BCUT2D eigenvalue weighted by Gasteiger charge is -2.12. The molecule has 1 atom stereocenters. The van der Waals surface area contributed by atoms with Crippen LogP contribution in [0.2, 0.25) is 0 Å². The van der Waals surface area contributed by atoms with Gasteiger partial charge in [-0.15, -0.1) is 11.3 Å². The predicted octanol–water partition coefficient (Wildman–Crippen LogP) is 6.43. The van der Waals surface area contributed by atoms with Crippen LogP contribution in [0.15, 0.2) is 46.3 Å². The van der Waals surface area contributed by atoms with Gasteiger partial charge in [-0.1, -0.05) is 34.1 Å². The minimum Gasteiger partial charge on any atom is -0.207 e. The maximum atomic E-state index is 13.9. The highest BCUT2D eigenvalue weighted by Gasteiger charge is 2.22. The molecular formula is C15H8Br2F2S. The summed E-state index contributed by atoms with van der Waals surface area (Å²) in [6.07, 6.45) is 0. The molecule has 1 heterocycles. The number of benzene rings is 2. The minimum absolute atomic E-state index is 0.0483. The van der Waals surface area contributed by atoms with Crippen LogP contribution in [-0.2, 0) is 0 Å². The van der Waals surface area contributed by atoms with Crippen LogP contribution in [0.1, 0.15) is 16.0 Å². The topological polar surface area (TPSA) is 0 Å². The van der Waals surface area contributed by atoms with E-state index in [2.05, 4.69) is 31.9 Å². The third kappa shape index (κ3) is 2.32. The summed E-state index contributed by atoms with van der Waals surface area (Å²) in [4.78, 5) is -0.508. The normalized spacial score (nSPS) is 12.8. The van der Waals surface area contributed by atoms with Gasteiger partial charge in [0.05, 0.1) is 4.83 Å². The van der Waals surface area contributed by atoms with Gasteiger partial charge in [-0.3, -0.25) is 0 Å². The lowest BCUT2D eigenvalue weighted by Crippen LogP contribution is -1.99. The molecule has 0 aliphatic rings. The zero-order chi connectivity index (χ0) is 14.3. The smallest absolute Gasteiger partial charge is 0.130 e. The first-order valence-corrected chi connectivity index (χ1v) is 8.42. The Morgan fingerprint density at radius 3 is 2.35 bits per heavy atom. The fourth-order valence-corrected chi connectivity index (χ4v) is 4.79. The van der Waals surface area contributed by atoms with Gasteiger partial charge in [0.15, 0.2) is 0 Å². The number of rotatable bonds is 2. The largest absolute Gasteiger partial charge is 0.207 e. The van der Waals surface area contributed by atoms with E-state index in [0.29, 0.717) is 0 Å². The van der Waals surface area contributed by atoms with E-state index in [0.717, 1.165) is 20.1 Å². The highest BCUT2D eigenvalue weighted by atomic mass is 79.9. The summed E-state index contributed by atoms with van der Waals surface area (Å²) in [5.41, 5.74) is 0.919. The zero-order valence-corrected chi connectivity index (χ0v) is 14.0. The summed E-state index contributed by atoms with van der Waals surface area (Å²) in [6, 6.07) is 9.75. The van der Waals surface area contributed by atoms with Gasteiger partial charge in [0, 0.05) is 14.7 Å². The molecular weight excluding hydrogens is 410 g/mol. The van der Waals surface area contributed by atoms with Gasteiger partial charge in [-0.2, -0.15) is 0 Å². The lowest BCUT2D eigenvalue weighted by molar-refractivity contribution is 0.561. The van der Waals surface area contributed by atoms with Crippen molar-refractivity contribution in [1.29, 1.82) is 0 Å². The molecule has 0 radical (unpaired) electrons. The van der Waals surface area contributed by atoms with Crippen molar-refractivity contribution in [3.63, 3.8) is 0 Å². The molecule has 102 valence electrons. The molecule has 1 unspecified atom stereocenters. The molecule has 3 aromatic rings. The SMILES string of the molecule is Fc1cccc(F)c1C(Br)c1csc2c(Br)cccc12. The van der Waals surface area contributed by atoms with Crippen LogP contribution in [-0.4, -0.2) is 0 Å². The van der Waals surface area contributed by atoms with Crippen molar-refractivity contribution in [2.45, 2.75) is 4.83 Å². The van der Waals surface area contributed by atoms with Gasteiger partial charge in [0.25, 0.3) is 0 Å². The van der Waals surface area contributed by atoms with E-state index >= 15 is 0 Å². The zero-order valence-electron chi connectivity index (χ0n) is 10.0. The van der Waals surface area contributed by atoms with Crippen molar-refractivity contribution in [3.8, 4) is 0 Å². The van der Waals surface area contributed by atoms with Crippen molar-refractivity contribution >= 4 is 53.3 Å². The molecule has 5 heteroatoms. The molecule has 0 nitrogen and oxygen atoms in total. The first-order chi connectivity index (χ1) is 9.59. The Morgan fingerprint density at radius 2 is 1.65 bits per heavy atom.